The van der Waals surface area contributed by atoms with Gasteiger partial charge in [-0.1, -0.05) is 19.3 Å². The van der Waals surface area contributed by atoms with Crippen molar-refractivity contribution >= 4 is 6.03 Å². The van der Waals surface area contributed by atoms with Gasteiger partial charge in [0.05, 0.1) is 12.3 Å². The van der Waals surface area contributed by atoms with E-state index in [1.807, 2.05) is 24.0 Å². The van der Waals surface area contributed by atoms with Crippen molar-refractivity contribution < 1.29 is 9.53 Å². The van der Waals surface area contributed by atoms with Crippen molar-refractivity contribution in [2.24, 2.45) is 5.92 Å². The Morgan fingerprint density at radius 2 is 2.09 bits per heavy atom. The van der Waals surface area contributed by atoms with Gasteiger partial charge in [-0.15, -0.1) is 5.10 Å². The van der Waals surface area contributed by atoms with E-state index in [4.69, 9.17) is 4.74 Å². The zero-order valence-corrected chi connectivity index (χ0v) is 13.8. The fourth-order valence-corrected chi connectivity index (χ4v) is 3.33. The summed E-state index contributed by atoms with van der Waals surface area (Å²) in [7, 11) is 0. The predicted octanol–water partition coefficient (Wildman–Crippen LogP) is 2.53. The van der Waals surface area contributed by atoms with Gasteiger partial charge in [-0.25, -0.2) is 4.79 Å². The number of aromatic nitrogens is 2. The van der Waals surface area contributed by atoms with Crippen LogP contribution in [0.3, 0.4) is 0 Å². The summed E-state index contributed by atoms with van der Waals surface area (Å²) in [4.78, 5) is 14.2. The largest absolute Gasteiger partial charge is 0.476 e. The highest BCUT2D eigenvalue weighted by Gasteiger charge is 2.28. The van der Waals surface area contributed by atoms with Crippen LogP contribution in [-0.2, 0) is 0 Å². The van der Waals surface area contributed by atoms with E-state index in [1.165, 1.54) is 19.3 Å². The van der Waals surface area contributed by atoms with Gasteiger partial charge in [0.2, 0.25) is 5.88 Å². The number of urea groups is 1. The molecule has 1 unspecified atom stereocenters. The minimum atomic E-state index is 0.0922. The lowest BCUT2D eigenvalue weighted by atomic mass is 9.96. The monoisotopic (exact) mass is 318 g/mol. The Labute approximate surface area is 137 Å². The van der Waals surface area contributed by atoms with Gasteiger partial charge in [0, 0.05) is 31.1 Å². The zero-order valence-electron chi connectivity index (χ0n) is 13.8. The molecular formula is C17H26N4O2. The van der Waals surface area contributed by atoms with Gasteiger partial charge in [-0.3, -0.25) is 0 Å². The lowest BCUT2D eigenvalue weighted by Crippen LogP contribution is -2.44. The quantitative estimate of drug-likeness (QED) is 0.926. The minimum absolute atomic E-state index is 0.0922. The van der Waals surface area contributed by atoms with Gasteiger partial charge >= 0.3 is 6.03 Å². The SMILES string of the molecule is Cc1ccc(OCC2CCN(C(=O)NC3CCCCC3)C2)nn1. The summed E-state index contributed by atoms with van der Waals surface area (Å²) in [5.74, 6) is 0.927. The lowest BCUT2D eigenvalue weighted by Gasteiger charge is -2.26. The Morgan fingerprint density at radius 1 is 1.26 bits per heavy atom. The van der Waals surface area contributed by atoms with Gasteiger partial charge in [-0.2, -0.15) is 5.10 Å². The molecule has 6 nitrogen and oxygen atoms in total. The summed E-state index contributed by atoms with van der Waals surface area (Å²) in [6.45, 7) is 4.06. The van der Waals surface area contributed by atoms with Crippen molar-refractivity contribution in [3.05, 3.63) is 17.8 Å². The maximum absolute atomic E-state index is 12.3. The second-order valence-electron chi connectivity index (χ2n) is 6.71. The maximum Gasteiger partial charge on any atom is 0.317 e. The molecule has 1 aliphatic heterocycles. The molecule has 0 radical (unpaired) electrons. The van der Waals surface area contributed by atoms with E-state index in [0.717, 1.165) is 38.0 Å². The smallest absolute Gasteiger partial charge is 0.317 e. The highest BCUT2D eigenvalue weighted by atomic mass is 16.5. The number of hydrogen-bond donors (Lipinski definition) is 1. The van der Waals surface area contributed by atoms with Crippen molar-refractivity contribution in [2.75, 3.05) is 19.7 Å². The van der Waals surface area contributed by atoms with E-state index in [2.05, 4.69) is 15.5 Å². The van der Waals surface area contributed by atoms with Crippen molar-refractivity contribution in [2.45, 2.75) is 51.5 Å². The molecule has 0 bridgehead atoms. The van der Waals surface area contributed by atoms with Gasteiger partial charge in [0.15, 0.2) is 0 Å². The molecule has 0 spiro atoms. The van der Waals surface area contributed by atoms with Gasteiger partial charge in [0.1, 0.15) is 0 Å². The molecular weight excluding hydrogens is 292 g/mol. The molecule has 0 aromatic carbocycles. The predicted molar refractivity (Wildman–Crippen MR) is 87.3 cm³/mol. The average molecular weight is 318 g/mol. The zero-order chi connectivity index (χ0) is 16.1. The van der Waals surface area contributed by atoms with Crippen LogP contribution >= 0.6 is 0 Å². The number of nitrogens with one attached hydrogen (secondary N) is 1. The summed E-state index contributed by atoms with van der Waals surface area (Å²) < 4.78 is 5.69. The van der Waals surface area contributed by atoms with E-state index in [9.17, 15) is 4.79 Å². The Kier molecular flexibility index (Phi) is 5.31. The van der Waals surface area contributed by atoms with Crippen molar-refractivity contribution in [3.8, 4) is 5.88 Å². The van der Waals surface area contributed by atoms with Crippen LogP contribution in [0.25, 0.3) is 0 Å². The number of aryl methyl sites for hydroxylation is 1. The number of amides is 2. The maximum atomic E-state index is 12.3. The molecule has 3 rings (SSSR count). The molecule has 1 aliphatic carbocycles. The summed E-state index contributed by atoms with van der Waals surface area (Å²) >= 11 is 0. The topological polar surface area (TPSA) is 67.3 Å². The highest BCUT2D eigenvalue weighted by Crippen LogP contribution is 2.20. The van der Waals surface area contributed by atoms with Crippen LogP contribution < -0.4 is 10.1 Å². The first-order chi connectivity index (χ1) is 11.2. The van der Waals surface area contributed by atoms with Crippen LogP contribution in [0.1, 0.15) is 44.2 Å². The molecule has 6 heteroatoms. The first-order valence-corrected chi connectivity index (χ1v) is 8.69. The summed E-state index contributed by atoms with van der Waals surface area (Å²) in [5.41, 5.74) is 0.878. The van der Waals surface area contributed by atoms with Crippen LogP contribution in [-0.4, -0.2) is 46.9 Å². The normalized spacial score (nSPS) is 22.1. The van der Waals surface area contributed by atoms with Crippen LogP contribution in [0, 0.1) is 12.8 Å². The minimum Gasteiger partial charge on any atom is -0.476 e. The number of rotatable bonds is 4. The van der Waals surface area contributed by atoms with Crippen LogP contribution in [0.4, 0.5) is 4.79 Å². The third-order valence-corrected chi connectivity index (χ3v) is 4.75. The van der Waals surface area contributed by atoms with Crippen LogP contribution in [0.2, 0.25) is 0 Å². The number of carbonyl (C=O) groups excluding carboxylic acids is 1. The van der Waals surface area contributed by atoms with E-state index in [1.54, 1.807) is 0 Å². The Hall–Kier alpha value is -1.85. The van der Waals surface area contributed by atoms with E-state index in [-0.39, 0.29) is 6.03 Å². The number of ether oxygens (including phenoxy) is 1. The summed E-state index contributed by atoms with van der Waals surface area (Å²) in [6, 6.07) is 4.19. The van der Waals surface area contributed by atoms with Gasteiger partial charge < -0.3 is 15.0 Å². The fraction of sp³-hybridized carbons (Fsp3) is 0.706. The number of hydrogen-bond acceptors (Lipinski definition) is 4. The van der Waals surface area contributed by atoms with Crippen molar-refractivity contribution in [1.29, 1.82) is 0 Å². The third kappa shape index (κ3) is 4.56. The van der Waals surface area contributed by atoms with Crippen LogP contribution in [0.15, 0.2) is 12.1 Å². The molecule has 1 N–H and O–H groups in total. The average Bonchev–Trinajstić information content (AvgIpc) is 3.04. The van der Waals surface area contributed by atoms with Crippen LogP contribution in [0.5, 0.6) is 5.88 Å². The Morgan fingerprint density at radius 3 is 2.83 bits per heavy atom. The molecule has 1 aromatic heterocycles. The second-order valence-corrected chi connectivity index (χ2v) is 6.71. The van der Waals surface area contributed by atoms with Crippen molar-refractivity contribution in [1.82, 2.24) is 20.4 Å². The standard InChI is InChI=1S/C17H26N4O2/c1-13-7-8-16(20-19-13)23-12-14-9-10-21(11-14)17(22)18-15-5-3-2-4-6-15/h7-8,14-15H,2-6,9-12H2,1H3,(H,18,22). The number of likely N-dealkylation sites (tertiary alicyclic amines) is 1. The number of nitrogens with zero attached hydrogens (tertiary/aromatic N) is 3. The van der Waals surface area contributed by atoms with E-state index in [0.29, 0.717) is 24.4 Å². The molecule has 1 aromatic rings. The third-order valence-electron chi connectivity index (χ3n) is 4.75. The lowest BCUT2D eigenvalue weighted by molar-refractivity contribution is 0.193. The second kappa shape index (κ2) is 7.62. The molecule has 1 atom stereocenters. The van der Waals surface area contributed by atoms with E-state index < -0.39 is 0 Å². The number of carbonyl (C=O) groups is 1. The molecule has 2 heterocycles. The molecule has 2 fully saturated rings. The highest BCUT2D eigenvalue weighted by molar-refractivity contribution is 5.74. The molecule has 126 valence electrons. The summed E-state index contributed by atoms with van der Waals surface area (Å²) in [5, 5.41) is 11.2. The Bertz CT molecular complexity index is 514. The molecule has 23 heavy (non-hydrogen) atoms. The first-order valence-electron chi connectivity index (χ1n) is 8.69. The molecule has 2 amide bonds. The first kappa shape index (κ1) is 16.0. The van der Waals surface area contributed by atoms with Gasteiger partial charge in [0.25, 0.3) is 0 Å². The van der Waals surface area contributed by atoms with Gasteiger partial charge in [-0.05, 0) is 32.3 Å². The van der Waals surface area contributed by atoms with E-state index >= 15 is 0 Å². The molecule has 1 saturated heterocycles. The Balaban J connectivity index is 1.40. The fourth-order valence-electron chi connectivity index (χ4n) is 3.33. The van der Waals surface area contributed by atoms with Crippen molar-refractivity contribution in [3.63, 3.8) is 0 Å². The summed E-state index contributed by atoms with van der Waals surface area (Å²) in [6.07, 6.45) is 7.00. The molecule has 2 aliphatic rings. The molecule has 1 saturated carbocycles.